The number of carboxylic acids is 1. The van der Waals surface area contributed by atoms with Crippen molar-refractivity contribution in [2.75, 3.05) is 5.32 Å². The van der Waals surface area contributed by atoms with Crippen molar-refractivity contribution >= 4 is 27.6 Å². The van der Waals surface area contributed by atoms with Gasteiger partial charge in [-0.1, -0.05) is 34.1 Å². The molecule has 0 saturated heterocycles. The standard InChI is InChI=1S/C14H11BrFNO2/c15-10-5-6-13(12(16)7-10)17-8-9-3-1-2-4-11(9)14(18)19/h1-7,17H,8H2,(H,18,19). The first kappa shape index (κ1) is 13.5. The molecule has 0 aliphatic heterocycles. The number of halogens is 2. The van der Waals surface area contributed by atoms with Crippen LogP contribution in [0.1, 0.15) is 15.9 Å². The molecule has 0 radical (unpaired) electrons. The van der Waals surface area contributed by atoms with E-state index in [9.17, 15) is 9.18 Å². The van der Waals surface area contributed by atoms with E-state index in [1.54, 1.807) is 30.3 Å². The van der Waals surface area contributed by atoms with Gasteiger partial charge in [0.05, 0.1) is 11.3 Å². The Morgan fingerprint density at radius 3 is 2.68 bits per heavy atom. The lowest BCUT2D eigenvalue weighted by molar-refractivity contribution is 0.0696. The Labute approximate surface area is 118 Å². The first-order valence-electron chi connectivity index (χ1n) is 5.58. The van der Waals surface area contributed by atoms with Crippen LogP contribution in [0, 0.1) is 5.82 Å². The Hall–Kier alpha value is -1.88. The molecule has 0 fully saturated rings. The molecule has 2 N–H and O–H groups in total. The summed E-state index contributed by atoms with van der Waals surface area (Å²) >= 11 is 3.18. The maximum Gasteiger partial charge on any atom is 0.336 e. The number of hydrogen-bond acceptors (Lipinski definition) is 2. The van der Waals surface area contributed by atoms with Crippen molar-refractivity contribution in [1.82, 2.24) is 0 Å². The lowest BCUT2D eigenvalue weighted by Gasteiger charge is -2.10. The van der Waals surface area contributed by atoms with Gasteiger partial charge in [-0.05, 0) is 29.8 Å². The summed E-state index contributed by atoms with van der Waals surface area (Å²) in [5.41, 5.74) is 1.16. The zero-order valence-corrected chi connectivity index (χ0v) is 11.4. The fourth-order valence-electron chi connectivity index (χ4n) is 1.71. The molecule has 3 nitrogen and oxygen atoms in total. The molecule has 2 rings (SSSR count). The van der Waals surface area contributed by atoms with E-state index in [1.165, 1.54) is 12.1 Å². The van der Waals surface area contributed by atoms with Gasteiger partial charge in [0.2, 0.25) is 0 Å². The van der Waals surface area contributed by atoms with E-state index in [4.69, 9.17) is 5.11 Å². The van der Waals surface area contributed by atoms with Crippen LogP contribution in [0.5, 0.6) is 0 Å². The normalized spacial score (nSPS) is 10.2. The number of benzene rings is 2. The first-order chi connectivity index (χ1) is 9.08. The smallest absolute Gasteiger partial charge is 0.336 e. The van der Waals surface area contributed by atoms with Gasteiger partial charge in [-0.2, -0.15) is 0 Å². The van der Waals surface area contributed by atoms with Crippen molar-refractivity contribution < 1.29 is 14.3 Å². The predicted molar refractivity (Wildman–Crippen MR) is 74.8 cm³/mol. The number of carbonyl (C=O) groups is 1. The topological polar surface area (TPSA) is 49.3 Å². The second kappa shape index (κ2) is 5.84. The van der Waals surface area contributed by atoms with Gasteiger partial charge < -0.3 is 10.4 Å². The molecule has 5 heteroatoms. The van der Waals surface area contributed by atoms with E-state index >= 15 is 0 Å². The average molecular weight is 324 g/mol. The van der Waals surface area contributed by atoms with Gasteiger partial charge in [0.1, 0.15) is 5.82 Å². The van der Waals surface area contributed by atoms with Crippen LogP contribution in [0.15, 0.2) is 46.9 Å². The van der Waals surface area contributed by atoms with Crippen LogP contribution in [0.2, 0.25) is 0 Å². The van der Waals surface area contributed by atoms with Crippen LogP contribution in [0.25, 0.3) is 0 Å². The average Bonchev–Trinajstić information content (AvgIpc) is 2.38. The van der Waals surface area contributed by atoms with E-state index in [0.29, 0.717) is 15.7 Å². The highest BCUT2D eigenvalue weighted by Crippen LogP contribution is 2.20. The van der Waals surface area contributed by atoms with Crippen molar-refractivity contribution in [2.45, 2.75) is 6.54 Å². The van der Waals surface area contributed by atoms with Gasteiger partial charge >= 0.3 is 5.97 Å². The molecule has 2 aromatic carbocycles. The molecular weight excluding hydrogens is 313 g/mol. The fraction of sp³-hybridized carbons (Fsp3) is 0.0714. The molecule has 19 heavy (non-hydrogen) atoms. The number of aromatic carboxylic acids is 1. The Balaban J connectivity index is 2.17. The molecule has 0 atom stereocenters. The first-order valence-corrected chi connectivity index (χ1v) is 6.37. The summed E-state index contributed by atoms with van der Waals surface area (Å²) in [6.45, 7) is 0.251. The Morgan fingerprint density at radius 2 is 2.00 bits per heavy atom. The number of nitrogens with one attached hydrogen (secondary N) is 1. The van der Waals surface area contributed by atoms with Crippen LogP contribution < -0.4 is 5.32 Å². The molecule has 0 aliphatic rings. The van der Waals surface area contributed by atoms with E-state index in [2.05, 4.69) is 21.2 Å². The van der Waals surface area contributed by atoms with E-state index < -0.39 is 5.97 Å². The third-order valence-corrected chi connectivity index (χ3v) is 3.14. The molecule has 2 aromatic rings. The summed E-state index contributed by atoms with van der Waals surface area (Å²) in [6.07, 6.45) is 0. The largest absolute Gasteiger partial charge is 0.478 e. The zero-order valence-electron chi connectivity index (χ0n) is 9.86. The zero-order chi connectivity index (χ0) is 13.8. The van der Waals surface area contributed by atoms with Gasteiger partial charge in [0.25, 0.3) is 0 Å². The molecule has 0 amide bonds. The number of rotatable bonds is 4. The van der Waals surface area contributed by atoms with Crippen LogP contribution in [-0.4, -0.2) is 11.1 Å². The van der Waals surface area contributed by atoms with E-state index in [0.717, 1.165) is 0 Å². The van der Waals surface area contributed by atoms with Crippen LogP contribution >= 0.6 is 15.9 Å². The molecule has 0 aliphatic carbocycles. The summed E-state index contributed by atoms with van der Waals surface area (Å²) < 4.78 is 14.3. The second-order valence-corrected chi connectivity index (χ2v) is 4.86. The summed E-state index contributed by atoms with van der Waals surface area (Å²) in [6, 6.07) is 11.3. The molecule has 0 bridgehead atoms. The Kier molecular flexibility index (Phi) is 4.16. The van der Waals surface area contributed by atoms with Gasteiger partial charge in [-0.15, -0.1) is 0 Å². The highest BCUT2D eigenvalue weighted by atomic mass is 79.9. The van der Waals surface area contributed by atoms with Crippen molar-refractivity contribution in [3.8, 4) is 0 Å². The highest BCUT2D eigenvalue weighted by molar-refractivity contribution is 9.10. The van der Waals surface area contributed by atoms with E-state index in [-0.39, 0.29) is 17.9 Å². The molecule has 98 valence electrons. The van der Waals surface area contributed by atoms with Gasteiger partial charge in [-0.25, -0.2) is 9.18 Å². The minimum atomic E-state index is -0.992. The van der Waals surface area contributed by atoms with Crippen molar-refractivity contribution in [3.63, 3.8) is 0 Å². The van der Waals surface area contributed by atoms with Crippen LogP contribution in [-0.2, 0) is 6.54 Å². The van der Waals surface area contributed by atoms with Gasteiger partial charge in [0, 0.05) is 11.0 Å². The Bertz CT molecular complexity index is 616. The summed E-state index contributed by atoms with van der Waals surface area (Å²) in [4.78, 5) is 11.0. The summed E-state index contributed by atoms with van der Waals surface area (Å²) in [7, 11) is 0. The predicted octanol–water partition coefficient (Wildman–Crippen LogP) is 3.90. The molecular formula is C14H11BrFNO2. The molecule has 0 saturated carbocycles. The quantitative estimate of drug-likeness (QED) is 0.897. The summed E-state index contributed by atoms with van der Waals surface area (Å²) in [5, 5.41) is 11.9. The Morgan fingerprint density at radius 1 is 1.26 bits per heavy atom. The molecule has 0 heterocycles. The number of hydrogen-bond donors (Lipinski definition) is 2. The van der Waals surface area contributed by atoms with Gasteiger partial charge in [0.15, 0.2) is 0 Å². The third-order valence-electron chi connectivity index (χ3n) is 2.65. The maximum absolute atomic E-state index is 13.6. The van der Waals surface area contributed by atoms with Crippen LogP contribution in [0.3, 0.4) is 0 Å². The second-order valence-electron chi connectivity index (χ2n) is 3.94. The lowest BCUT2D eigenvalue weighted by Crippen LogP contribution is -2.07. The fourth-order valence-corrected chi connectivity index (χ4v) is 2.04. The molecule has 0 aromatic heterocycles. The minimum absolute atomic E-state index is 0.215. The SMILES string of the molecule is O=C(O)c1ccccc1CNc1ccc(Br)cc1F. The number of carboxylic acid groups (broad SMARTS) is 1. The maximum atomic E-state index is 13.6. The number of anilines is 1. The third kappa shape index (κ3) is 3.32. The molecule has 0 unspecified atom stereocenters. The van der Waals surface area contributed by atoms with Crippen molar-refractivity contribution in [1.29, 1.82) is 0 Å². The molecule has 0 spiro atoms. The minimum Gasteiger partial charge on any atom is -0.478 e. The van der Waals surface area contributed by atoms with Crippen LogP contribution in [0.4, 0.5) is 10.1 Å². The van der Waals surface area contributed by atoms with Crippen molar-refractivity contribution in [2.24, 2.45) is 0 Å². The lowest BCUT2D eigenvalue weighted by atomic mass is 10.1. The van der Waals surface area contributed by atoms with E-state index in [1.807, 2.05) is 0 Å². The van der Waals surface area contributed by atoms with Gasteiger partial charge in [-0.3, -0.25) is 0 Å². The summed E-state index contributed by atoms with van der Waals surface area (Å²) in [5.74, 6) is -1.38. The van der Waals surface area contributed by atoms with Crippen molar-refractivity contribution in [3.05, 3.63) is 63.9 Å². The highest BCUT2D eigenvalue weighted by Gasteiger charge is 2.09. The monoisotopic (exact) mass is 323 g/mol.